The molecule has 3 aromatic rings. The summed E-state index contributed by atoms with van der Waals surface area (Å²) in [6.07, 6.45) is 3.97. The van der Waals surface area contributed by atoms with E-state index in [1.165, 1.54) is 12.1 Å². The van der Waals surface area contributed by atoms with Gasteiger partial charge in [0.25, 0.3) is 0 Å². The number of fused-ring (bicyclic) bond motifs is 1. The summed E-state index contributed by atoms with van der Waals surface area (Å²) < 4.78 is 15.2. The van der Waals surface area contributed by atoms with Crippen LogP contribution in [0.15, 0.2) is 43.1 Å². The van der Waals surface area contributed by atoms with E-state index in [9.17, 15) is 4.79 Å². The molecular weight excluding hydrogens is 405 g/mol. The van der Waals surface area contributed by atoms with Gasteiger partial charge in [-0.2, -0.15) is 5.10 Å². The molecule has 2 aliphatic rings. The van der Waals surface area contributed by atoms with Gasteiger partial charge in [-0.05, 0) is 55.7 Å². The number of anilines is 1. The van der Waals surface area contributed by atoms with Gasteiger partial charge in [0.2, 0.25) is 11.6 Å². The number of carbonyl (C=O) groups excluding carboxylic acids is 1. The molecule has 5 rings (SSSR count). The number of rotatable bonds is 3. The van der Waals surface area contributed by atoms with E-state index in [0.29, 0.717) is 23.4 Å². The molecule has 2 aromatic carbocycles. The van der Waals surface area contributed by atoms with Crippen LogP contribution in [-0.2, 0) is 4.79 Å². The molecule has 7 heteroatoms. The molecule has 2 atom stereocenters. The number of aromatic amines is 1. The number of amides is 1. The fourth-order valence-corrected chi connectivity index (χ4v) is 5.40. The monoisotopic (exact) mass is 429 g/mol. The van der Waals surface area contributed by atoms with Crippen molar-refractivity contribution in [2.75, 3.05) is 24.5 Å². The summed E-state index contributed by atoms with van der Waals surface area (Å²) in [6, 6.07) is 7.11. The Hall–Kier alpha value is -3.66. The van der Waals surface area contributed by atoms with Crippen LogP contribution in [-0.4, -0.2) is 46.7 Å². The van der Waals surface area contributed by atoms with Gasteiger partial charge in [-0.15, -0.1) is 0 Å². The van der Waals surface area contributed by atoms with Crippen LogP contribution in [0.3, 0.4) is 0 Å². The zero-order valence-corrected chi connectivity index (χ0v) is 18.2. The van der Waals surface area contributed by atoms with Crippen molar-refractivity contribution >= 4 is 28.2 Å². The van der Waals surface area contributed by atoms with Gasteiger partial charge in [0.05, 0.1) is 18.3 Å². The van der Waals surface area contributed by atoms with Gasteiger partial charge in [0.15, 0.2) is 0 Å². The highest BCUT2D eigenvalue weighted by Gasteiger charge is 2.54. The molecule has 0 aliphatic carbocycles. The Balaban J connectivity index is 1.56. The van der Waals surface area contributed by atoms with E-state index in [4.69, 9.17) is 6.57 Å². The molecule has 2 unspecified atom stereocenters. The van der Waals surface area contributed by atoms with Crippen molar-refractivity contribution in [3.8, 4) is 11.1 Å². The fourth-order valence-electron chi connectivity index (χ4n) is 5.40. The normalized spacial score (nSPS) is 22.2. The SMILES string of the molecule is [C-]#[N+]c1c(N2CCC3(C2)CN(C(=O)C=C)C3C)ccc(F)c1-c1c(C)ccc2[nH]ncc12. The number of hydrogen-bond donors (Lipinski definition) is 1. The van der Waals surface area contributed by atoms with Crippen LogP contribution in [0.5, 0.6) is 0 Å². The molecule has 2 fully saturated rings. The summed E-state index contributed by atoms with van der Waals surface area (Å²) in [4.78, 5) is 19.9. The molecule has 1 spiro atoms. The quantitative estimate of drug-likeness (QED) is 0.479. The molecule has 1 aromatic heterocycles. The van der Waals surface area contributed by atoms with Crippen LogP contribution < -0.4 is 4.90 Å². The Morgan fingerprint density at radius 3 is 2.88 bits per heavy atom. The zero-order chi connectivity index (χ0) is 22.6. The second-order valence-electron chi connectivity index (χ2n) is 8.87. The first-order chi connectivity index (χ1) is 15.4. The highest BCUT2D eigenvalue weighted by atomic mass is 19.1. The van der Waals surface area contributed by atoms with Crippen LogP contribution in [0.25, 0.3) is 26.9 Å². The second-order valence-corrected chi connectivity index (χ2v) is 8.87. The maximum Gasteiger partial charge on any atom is 0.246 e. The minimum atomic E-state index is -0.412. The summed E-state index contributed by atoms with van der Waals surface area (Å²) in [5.41, 5.74) is 3.79. The number of aryl methyl sites for hydroxylation is 1. The third kappa shape index (κ3) is 2.76. The Morgan fingerprint density at radius 1 is 1.34 bits per heavy atom. The van der Waals surface area contributed by atoms with E-state index in [-0.39, 0.29) is 17.4 Å². The molecule has 1 amide bonds. The first-order valence-corrected chi connectivity index (χ1v) is 10.7. The number of H-pyrrole nitrogens is 1. The fraction of sp³-hybridized carbons (Fsp3) is 0.320. The van der Waals surface area contributed by atoms with Crippen molar-refractivity contribution in [1.82, 2.24) is 15.1 Å². The first kappa shape index (κ1) is 20.3. The van der Waals surface area contributed by atoms with Crippen molar-refractivity contribution in [3.63, 3.8) is 0 Å². The largest absolute Gasteiger partial charge is 0.380 e. The summed E-state index contributed by atoms with van der Waals surface area (Å²) in [7, 11) is 0. The number of nitrogens with zero attached hydrogens (tertiary/aromatic N) is 4. The van der Waals surface area contributed by atoms with Gasteiger partial charge in [-0.1, -0.05) is 12.6 Å². The summed E-state index contributed by atoms with van der Waals surface area (Å²) in [5.74, 6) is -0.457. The summed E-state index contributed by atoms with van der Waals surface area (Å²) >= 11 is 0. The molecule has 2 saturated heterocycles. The van der Waals surface area contributed by atoms with Gasteiger partial charge in [0.1, 0.15) is 5.82 Å². The van der Waals surface area contributed by atoms with Crippen molar-refractivity contribution in [2.24, 2.45) is 5.41 Å². The van der Waals surface area contributed by atoms with Crippen LogP contribution in [0, 0.1) is 24.7 Å². The topological polar surface area (TPSA) is 56.6 Å². The number of nitrogens with one attached hydrogen (secondary N) is 1. The van der Waals surface area contributed by atoms with Gasteiger partial charge < -0.3 is 9.80 Å². The smallest absolute Gasteiger partial charge is 0.246 e. The van der Waals surface area contributed by atoms with Gasteiger partial charge in [-0.25, -0.2) is 9.24 Å². The van der Waals surface area contributed by atoms with Gasteiger partial charge in [0, 0.05) is 47.7 Å². The Kier molecular flexibility index (Phi) is 4.55. The van der Waals surface area contributed by atoms with E-state index >= 15 is 4.39 Å². The molecule has 162 valence electrons. The molecule has 0 saturated carbocycles. The lowest BCUT2D eigenvalue weighted by molar-refractivity contribution is -0.145. The lowest BCUT2D eigenvalue weighted by Crippen LogP contribution is -2.65. The van der Waals surface area contributed by atoms with Crippen LogP contribution in [0.1, 0.15) is 18.9 Å². The average molecular weight is 429 g/mol. The maximum atomic E-state index is 15.2. The molecule has 1 N–H and O–H groups in total. The van der Waals surface area contributed by atoms with Crippen LogP contribution in [0.4, 0.5) is 15.8 Å². The van der Waals surface area contributed by atoms with Crippen molar-refractivity contribution in [2.45, 2.75) is 26.3 Å². The Morgan fingerprint density at radius 2 is 2.16 bits per heavy atom. The van der Waals surface area contributed by atoms with Crippen LogP contribution >= 0.6 is 0 Å². The minimum Gasteiger partial charge on any atom is -0.380 e. The number of halogens is 1. The maximum absolute atomic E-state index is 15.2. The molecule has 2 aliphatic heterocycles. The van der Waals surface area contributed by atoms with E-state index in [1.54, 1.807) is 12.3 Å². The number of likely N-dealkylation sites (tertiary alicyclic amines) is 1. The summed E-state index contributed by atoms with van der Waals surface area (Å²) in [6.45, 7) is 17.7. The average Bonchev–Trinajstić information content (AvgIpc) is 3.46. The molecule has 0 bridgehead atoms. The molecule has 3 heterocycles. The third-order valence-corrected chi connectivity index (χ3v) is 7.32. The predicted octanol–water partition coefficient (Wildman–Crippen LogP) is 4.84. The molecule has 0 radical (unpaired) electrons. The van der Waals surface area contributed by atoms with Gasteiger partial charge >= 0.3 is 0 Å². The van der Waals surface area contributed by atoms with E-state index in [2.05, 4.69) is 33.4 Å². The number of benzene rings is 2. The van der Waals surface area contributed by atoms with E-state index in [0.717, 1.165) is 41.7 Å². The number of carbonyl (C=O) groups is 1. The first-order valence-electron chi connectivity index (χ1n) is 10.7. The lowest BCUT2D eigenvalue weighted by atomic mass is 9.71. The third-order valence-electron chi connectivity index (χ3n) is 7.32. The molecule has 32 heavy (non-hydrogen) atoms. The highest BCUT2D eigenvalue weighted by molar-refractivity contribution is 6.02. The number of aromatic nitrogens is 2. The van der Waals surface area contributed by atoms with E-state index < -0.39 is 5.82 Å². The summed E-state index contributed by atoms with van der Waals surface area (Å²) in [5, 5.41) is 7.85. The predicted molar refractivity (Wildman–Crippen MR) is 123 cm³/mol. The zero-order valence-electron chi connectivity index (χ0n) is 18.2. The molecule has 6 nitrogen and oxygen atoms in total. The van der Waals surface area contributed by atoms with Crippen molar-refractivity contribution in [3.05, 3.63) is 65.9 Å². The lowest BCUT2D eigenvalue weighted by Gasteiger charge is -2.54. The van der Waals surface area contributed by atoms with Crippen molar-refractivity contribution < 1.29 is 9.18 Å². The van der Waals surface area contributed by atoms with E-state index in [1.807, 2.05) is 24.0 Å². The molecular formula is C25H24FN5O. The standard InChI is InChI=1S/C25H24FN5O/c1-5-21(32)31-14-25(16(31)3)10-11-30(13-25)20-9-7-18(26)23(24(20)27-4)22-15(2)6-8-19-17(22)12-28-29-19/h5-9,12,16H,1,10-11,13-14H2,2-3H3,(H,28,29). The Labute approximate surface area is 186 Å². The Bertz CT molecular complexity index is 1310. The van der Waals surface area contributed by atoms with Crippen molar-refractivity contribution in [1.29, 1.82) is 0 Å². The second kappa shape index (κ2) is 7.20. The van der Waals surface area contributed by atoms with Crippen LogP contribution in [0.2, 0.25) is 0 Å². The minimum absolute atomic E-state index is 0.00694. The highest BCUT2D eigenvalue weighted by Crippen LogP contribution is 2.50. The van der Waals surface area contributed by atoms with Gasteiger partial charge in [-0.3, -0.25) is 9.89 Å². The number of hydrogen-bond acceptors (Lipinski definition) is 3.